The molecule has 124 valence electrons. The molecular weight excluding hydrogens is 300 g/mol. The Kier molecular flexibility index (Phi) is 3.61. The fourth-order valence-electron chi connectivity index (χ4n) is 2.78. The molecule has 3 N–H and O–H groups in total. The summed E-state index contributed by atoms with van der Waals surface area (Å²) in [7, 11) is 0. The van der Waals surface area contributed by atoms with E-state index in [1.54, 1.807) is 20.8 Å². The molecule has 6 nitrogen and oxygen atoms in total. The highest BCUT2D eigenvalue weighted by Gasteiger charge is 2.38. The van der Waals surface area contributed by atoms with Gasteiger partial charge in [-0.25, -0.2) is 0 Å². The maximum absolute atomic E-state index is 12.3. The number of phenols is 1. The molecule has 2 heterocycles. The first-order valence-electron chi connectivity index (χ1n) is 7.62. The lowest BCUT2D eigenvalue weighted by Crippen LogP contribution is -2.46. The third-order valence-electron chi connectivity index (χ3n) is 4.36. The van der Waals surface area contributed by atoms with Gasteiger partial charge >= 0.3 is 0 Å². The lowest BCUT2D eigenvalue weighted by molar-refractivity contribution is -0.0415. The van der Waals surface area contributed by atoms with Gasteiger partial charge in [0.2, 0.25) is 0 Å². The number of aliphatic hydroxyl groups is 2. The van der Waals surface area contributed by atoms with Crippen LogP contribution >= 0.6 is 0 Å². The Labute approximate surface area is 132 Å². The summed E-state index contributed by atoms with van der Waals surface area (Å²) in [5.74, 6) is 0.286. The molecule has 0 fully saturated rings. The monoisotopic (exact) mass is 320 g/mol. The molecular formula is C17H20O6. The Morgan fingerprint density at radius 1 is 1.39 bits per heavy atom. The average molecular weight is 320 g/mol. The van der Waals surface area contributed by atoms with Gasteiger partial charge in [-0.2, -0.15) is 0 Å². The molecule has 0 saturated carbocycles. The molecule has 0 aliphatic carbocycles. The van der Waals surface area contributed by atoms with E-state index in [2.05, 4.69) is 0 Å². The summed E-state index contributed by atoms with van der Waals surface area (Å²) < 4.78 is 11.3. The van der Waals surface area contributed by atoms with Crippen LogP contribution in [0.5, 0.6) is 11.5 Å². The number of phenolic OH excluding ortho intramolecular Hbond substituents is 1. The zero-order chi connectivity index (χ0) is 16.9. The van der Waals surface area contributed by atoms with Gasteiger partial charge in [0, 0.05) is 24.1 Å². The van der Waals surface area contributed by atoms with E-state index in [4.69, 9.17) is 9.15 Å². The average Bonchev–Trinajstić information content (AvgIpc) is 2.47. The Morgan fingerprint density at radius 2 is 2.09 bits per heavy atom. The zero-order valence-electron chi connectivity index (χ0n) is 13.3. The molecule has 6 heteroatoms. The van der Waals surface area contributed by atoms with Crippen molar-refractivity contribution < 1.29 is 24.5 Å². The predicted molar refractivity (Wildman–Crippen MR) is 83.8 cm³/mol. The van der Waals surface area contributed by atoms with E-state index in [1.165, 1.54) is 12.1 Å². The molecule has 2 unspecified atom stereocenters. The molecule has 1 aliphatic heterocycles. The van der Waals surface area contributed by atoms with Crippen LogP contribution in [0.1, 0.15) is 44.6 Å². The normalized spacial score (nSPS) is 20.8. The number of ether oxygens (including phenoxy) is 1. The molecule has 3 rings (SSSR count). The van der Waals surface area contributed by atoms with Crippen LogP contribution in [0.2, 0.25) is 0 Å². The largest absolute Gasteiger partial charge is 0.507 e. The van der Waals surface area contributed by atoms with Crippen LogP contribution in [0.25, 0.3) is 11.0 Å². The van der Waals surface area contributed by atoms with Crippen molar-refractivity contribution in [2.24, 2.45) is 0 Å². The highest BCUT2D eigenvalue weighted by Crippen LogP contribution is 2.42. The summed E-state index contributed by atoms with van der Waals surface area (Å²) in [5, 5.41) is 30.5. The first-order valence-corrected chi connectivity index (χ1v) is 7.62. The minimum Gasteiger partial charge on any atom is -0.507 e. The quantitative estimate of drug-likeness (QED) is 0.783. The van der Waals surface area contributed by atoms with Crippen LogP contribution in [0.3, 0.4) is 0 Å². The third-order valence-corrected chi connectivity index (χ3v) is 4.36. The second-order valence-corrected chi connectivity index (χ2v) is 6.44. The van der Waals surface area contributed by atoms with Gasteiger partial charge in [-0.3, -0.25) is 4.79 Å². The standard InChI is InChI=1S/C17H20O6/c1-4-9(18)12-6-10(19)15-13(22-12)7-11-8(16(15)21)5-14(20)17(2,3)23-11/h6-7,9,14,18,20-21H,4-5H2,1-3H3. The van der Waals surface area contributed by atoms with Crippen molar-refractivity contribution in [1.29, 1.82) is 0 Å². The highest BCUT2D eigenvalue weighted by molar-refractivity contribution is 5.87. The molecule has 1 aromatic carbocycles. The van der Waals surface area contributed by atoms with Gasteiger partial charge in [-0.05, 0) is 20.3 Å². The Morgan fingerprint density at radius 3 is 2.74 bits per heavy atom. The van der Waals surface area contributed by atoms with Gasteiger partial charge in [0.15, 0.2) is 5.43 Å². The van der Waals surface area contributed by atoms with Crippen molar-refractivity contribution >= 4 is 11.0 Å². The molecule has 2 aromatic rings. The molecule has 1 aromatic heterocycles. The minimum atomic E-state index is -0.885. The zero-order valence-corrected chi connectivity index (χ0v) is 13.3. The number of benzene rings is 1. The van der Waals surface area contributed by atoms with E-state index >= 15 is 0 Å². The second-order valence-electron chi connectivity index (χ2n) is 6.44. The molecule has 0 spiro atoms. The lowest BCUT2D eigenvalue weighted by atomic mass is 9.90. The second kappa shape index (κ2) is 5.25. The predicted octanol–water partition coefficient (Wildman–Crippen LogP) is 2.02. The minimum absolute atomic E-state index is 0.0336. The smallest absolute Gasteiger partial charge is 0.196 e. The van der Waals surface area contributed by atoms with Gasteiger partial charge in [0.25, 0.3) is 0 Å². The molecule has 0 radical (unpaired) electrons. The summed E-state index contributed by atoms with van der Waals surface area (Å²) in [6, 6.07) is 2.72. The van der Waals surface area contributed by atoms with Gasteiger partial charge in [0.1, 0.15) is 39.9 Å². The Hall–Kier alpha value is -2.05. The van der Waals surface area contributed by atoms with Crippen molar-refractivity contribution in [2.75, 3.05) is 0 Å². The Bertz CT molecular complexity index is 820. The van der Waals surface area contributed by atoms with Crippen molar-refractivity contribution in [3.05, 3.63) is 33.7 Å². The summed E-state index contributed by atoms with van der Waals surface area (Å²) in [6.07, 6.45) is -1.10. The van der Waals surface area contributed by atoms with Crippen LogP contribution in [-0.4, -0.2) is 27.0 Å². The molecule has 0 amide bonds. The van der Waals surface area contributed by atoms with Gasteiger partial charge in [-0.15, -0.1) is 0 Å². The SMILES string of the molecule is CCC(O)c1cc(=O)c2c(O)c3c(cc2o1)OC(C)(C)C(O)C3. The molecule has 1 aliphatic rings. The number of aromatic hydroxyl groups is 1. The van der Waals surface area contributed by atoms with Crippen molar-refractivity contribution in [3.63, 3.8) is 0 Å². The maximum Gasteiger partial charge on any atom is 0.196 e. The molecule has 0 saturated heterocycles. The van der Waals surface area contributed by atoms with Crippen LogP contribution in [0, 0.1) is 0 Å². The van der Waals surface area contributed by atoms with E-state index in [0.29, 0.717) is 17.7 Å². The third kappa shape index (κ3) is 2.48. The van der Waals surface area contributed by atoms with Crippen LogP contribution in [0.15, 0.2) is 21.3 Å². The first kappa shape index (κ1) is 15.8. The summed E-state index contributed by atoms with van der Waals surface area (Å²) in [6.45, 7) is 5.26. The van der Waals surface area contributed by atoms with E-state index in [1.807, 2.05) is 0 Å². The summed E-state index contributed by atoms with van der Waals surface area (Å²) in [4.78, 5) is 12.3. The van der Waals surface area contributed by atoms with Gasteiger partial charge < -0.3 is 24.5 Å². The highest BCUT2D eigenvalue weighted by atomic mass is 16.5. The van der Waals surface area contributed by atoms with E-state index < -0.39 is 23.2 Å². The molecule has 2 atom stereocenters. The van der Waals surface area contributed by atoms with Crippen molar-refractivity contribution in [3.8, 4) is 11.5 Å². The number of hydrogen-bond acceptors (Lipinski definition) is 6. The van der Waals surface area contributed by atoms with Crippen LogP contribution in [-0.2, 0) is 6.42 Å². The van der Waals surface area contributed by atoms with Crippen molar-refractivity contribution in [2.45, 2.75) is 51.4 Å². The summed E-state index contributed by atoms with van der Waals surface area (Å²) in [5.41, 5.74) is -0.703. The molecule has 23 heavy (non-hydrogen) atoms. The van der Waals surface area contributed by atoms with E-state index in [0.717, 1.165) is 0 Å². The molecule has 0 bridgehead atoms. The fourth-order valence-corrected chi connectivity index (χ4v) is 2.78. The number of aliphatic hydroxyl groups excluding tert-OH is 2. The first-order chi connectivity index (χ1) is 10.7. The Balaban J connectivity index is 2.26. The van der Waals surface area contributed by atoms with Gasteiger partial charge in [-0.1, -0.05) is 6.92 Å². The number of rotatable bonds is 2. The maximum atomic E-state index is 12.3. The van der Waals surface area contributed by atoms with Gasteiger partial charge in [0.05, 0.1) is 6.10 Å². The topological polar surface area (TPSA) is 100 Å². The number of fused-ring (bicyclic) bond motifs is 2. The fraction of sp³-hybridized carbons (Fsp3) is 0.471. The lowest BCUT2D eigenvalue weighted by Gasteiger charge is -2.37. The van der Waals surface area contributed by atoms with E-state index in [-0.39, 0.29) is 28.9 Å². The van der Waals surface area contributed by atoms with Crippen LogP contribution < -0.4 is 10.2 Å². The van der Waals surface area contributed by atoms with Crippen molar-refractivity contribution in [1.82, 2.24) is 0 Å². The van der Waals surface area contributed by atoms with E-state index in [9.17, 15) is 20.1 Å². The summed E-state index contributed by atoms with van der Waals surface area (Å²) >= 11 is 0. The number of hydrogen-bond donors (Lipinski definition) is 3. The van der Waals surface area contributed by atoms with Crippen LogP contribution in [0.4, 0.5) is 0 Å².